The lowest BCUT2D eigenvalue weighted by molar-refractivity contribution is -0.114. The van der Waals surface area contributed by atoms with E-state index in [1.807, 2.05) is 0 Å². The van der Waals surface area contributed by atoms with Crippen LogP contribution in [0.25, 0.3) is 0 Å². The molecule has 0 saturated carbocycles. The number of amides is 1. The maximum absolute atomic E-state index is 13.8. The van der Waals surface area contributed by atoms with Crippen LogP contribution >= 0.6 is 0 Å². The van der Waals surface area contributed by atoms with Gasteiger partial charge in [-0.3, -0.25) is 4.79 Å². The summed E-state index contributed by atoms with van der Waals surface area (Å²) >= 11 is 0. The van der Waals surface area contributed by atoms with E-state index in [4.69, 9.17) is 4.74 Å². The summed E-state index contributed by atoms with van der Waals surface area (Å²) in [5, 5.41) is 2.43. The Hall–Kier alpha value is -1.51. The Morgan fingerprint density at radius 3 is 2.60 bits per heavy atom. The molecule has 20 heavy (non-hydrogen) atoms. The minimum absolute atomic E-state index is 0.187. The molecule has 1 saturated heterocycles. The number of ether oxygens (including phenoxy) is 1. The lowest BCUT2D eigenvalue weighted by Crippen LogP contribution is -2.40. The quantitative estimate of drug-likeness (QED) is 0.896. The molecule has 1 heterocycles. The van der Waals surface area contributed by atoms with Gasteiger partial charge in [0.1, 0.15) is 10.7 Å². The van der Waals surface area contributed by atoms with Crippen LogP contribution in [0.5, 0.6) is 0 Å². The first-order valence-electron chi connectivity index (χ1n) is 6.06. The summed E-state index contributed by atoms with van der Waals surface area (Å²) in [6.45, 7) is 2.23. The van der Waals surface area contributed by atoms with Gasteiger partial charge in [0.2, 0.25) is 15.9 Å². The molecule has 1 N–H and O–H groups in total. The number of nitrogens with zero attached hydrogens (tertiary/aromatic N) is 1. The fourth-order valence-electron chi connectivity index (χ4n) is 1.91. The van der Waals surface area contributed by atoms with Gasteiger partial charge < -0.3 is 10.1 Å². The van der Waals surface area contributed by atoms with Crippen molar-refractivity contribution >= 4 is 21.6 Å². The molecular formula is C12H15FN2O4S. The van der Waals surface area contributed by atoms with Crippen LogP contribution in [0.2, 0.25) is 0 Å². The second kappa shape index (κ2) is 5.86. The first-order chi connectivity index (χ1) is 9.41. The van der Waals surface area contributed by atoms with E-state index in [-0.39, 0.29) is 37.9 Å². The highest BCUT2D eigenvalue weighted by atomic mass is 32.2. The summed E-state index contributed by atoms with van der Waals surface area (Å²) in [5.74, 6) is -1.20. The number of carbonyl (C=O) groups is 1. The van der Waals surface area contributed by atoms with Crippen molar-refractivity contribution < 1.29 is 22.3 Å². The maximum Gasteiger partial charge on any atom is 0.246 e. The fraction of sp³-hybridized carbons (Fsp3) is 0.417. The third kappa shape index (κ3) is 3.14. The predicted octanol–water partition coefficient (Wildman–Crippen LogP) is 0.805. The summed E-state index contributed by atoms with van der Waals surface area (Å²) in [7, 11) is -3.92. The van der Waals surface area contributed by atoms with Crippen LogP contribution in [0.3, 0.4) is 0 Å². The molecule has 6 nitrogen and oxygen atoms in total. The molecule has 0 radical (unpaired) electrons. The van der Waals surface area contributed by atoms with E-state index in [1.54, 1.807) is 0 Å². The van der Waals surface area contributed by atoms with E-state index >= 15 is 0 Å². The number of sulfonamides is 1. The Balaban J connectivity index is 2.36. The third-order valence-electron chi connectivity index (χ3n) is 2.84. The molecule has 1 amide bonds. The maximum atomic E-state index is 13.8. The van der Waals surface area contributed by atoms with Crippen LogP contribution in [-0.4, -0.2) is 44.9 Å². The van der Waals surface area contributed by atoms with Gasteiger partial charge in [-0.15, -0.1) is 0 Å². The average Bonchev–Trinajstić information content (AvgIpc) is 2.41. The summed E-state index contributed by atoms with van der Waals surface area (Å²) in [4.78, 5) is 10.5. The highest BCUT2D eigenvalue weighted by Gasteiger charge is 2.29. The van der Waals surface area contributed by atoms with Crippen molar-refractivity contribution in [2.45, 2.75) is 11.8 Å². The number of halogens is 1. The molecule has 2 rings (SSSR count). The first-order valence-corrected chi connectivity index (χ1v) is 7.50. The van der Waals surface area contributed by atoms with Gasteiger partial charge in [-0.25, -0.2) is 12.8 Å². The second-order valence-electron chi connectivity index (χ2n) is 4.34. The lowest BCUT2D eigenvalue weighted by atomic mass is 10.3. The van der Waals surface area contributed by atoms with Crippen LogP contribution in [0.15, 0.2) is 23.1 Å². The topological polar surface area (TPSA) is 75.7 Å². The smallest absolute Gasteiger partial charge is 0.246 e. The van der Waals surface area contributed by atoms with E-state index in [9.17, 15) is 17.6 Å². The number of benzene rings is 1. The minimum Gasteiger partial charge on any atom is -0.379 e. The number of nitrogens with one attached hydrogen (secondary N) is 1. The molecule has 0 unspecified atom stereocenters. The Kier molecular flexibility index (Phi) is 4.36. The van der Waals surface area contributed by atoms with Crippen molar-refractivity contribution in [3.8, 4) is 0 Å². The molecule has 1 aliphatic heterocycles. The SMILES string of the molecule is CC(=O)Nc1ccc(F)c(S(=O)(=O)N2CCOCC2)c1. The van der Waals surface area contributed by atoms with E-state index in [2.05, 4.69) is 5.32 Å². The molecule has 0 bridgehead atoms. The normalized spacial score (nSPS) is 16.9. The Morgan fingerprint density at radius 1 is 1.35 bits per heavy atom. The van der Waals surface area contributed by atoms with Gasteiger partial charge in [0.25, 0.3) is 0 Å². The zero-order chi connectivity index (χ0) is 14.8. The molecule has 0 aliphatic carbocycles. The zero-order valence-electron chi connectivity index (χ0n) is 10.9. The van der Waals surface area contributed by atoms with Gasteiger partial charge in [-0.2, -0.15) is 4.31 Å². The molecule has 0 aromatic heterocycles. The van der Waals surface area contributed by atoms with Crippen molar-refractivity contribution in [3.63, 3.8) is 0 Å². The highest BCUT2D eigenvalue weighted by molar-refractivity contribution is 7.89. The van der Waals surface area contributed by atoms with Gasteiger partial charge in [-0.1, -0.05) is 0 Å². The molecule has 110 valence electrons. The molecule has 1 aromatic rings. The first kappa shape index (κ1) is 14.9. The number of hydrogen-bond acceptors (Lipinski definition) is 4. The summed E-state index contributed by atoms with van der Waals surface area (Å²) in [6, 6.07) is 3.47. The van der Waals surface area contributed by atoms with Crippen LogP contribution in [0.4, 0.5) is 10.1 Å². The summed E-state index contributed by atoms with van der Waals surface area (Å²) in [6.07, 6.45) is 0. The minimum atomic E-state index is -3.92. The fourth-order valence-corrected chi connectivity index (χ4v) is 3.41. The number of rotatable bonds is 3. The second-order valence-corrected chi connectivity index (χ2v) is 6.25. The van der Waals surface area contributed by atoms with E-state index < -0.39 is 20.7 Å². The Bertz CT molecular complexity index is 612. The predicted molar refractivity (Wildman–Crippen MR) is 70.3 cm³/mol. The van der Waals surface area contributed by atoms with Crippen LogP contribution in [0, 0.1) is 5.82 Å². The summed E-state index contributed by atoms with van der Waals surface area (Å²) in [5.41, 5.74) is 0.241. The van der Waals surface area contributed by atoms with Crippen LogP contribution < -0.4 is 5.32 Å². The highest BCUT2D eigenvalue weighted by Crippen LogP contribution is 2.23. The van der Waals surface area contributed by atoms with Gasteiger partial charge in [0, 0.05) is 25.7 Å². The number of hydrogen-bond donors (Lipinski definition) is 1. The Morgan fingerprint density at radius 2 is 2.00 bits per heavy atom. The van der Waals surface area contributed by atoms with Gasteiger partial charge >= 0.3 is 0 Å². The molecule has 8 heteroatoms. The van der Waals surface area contributed by atoms with Gasteiger partial charge in [-0.05, 0) is 18.2 Å². The van der Waals surface area contributed by atoms with Gasteiger partial charge in [0.15, 0.2) is 0 Å². The van der Waals surface area contributed by atoms with Crippen LogP contribution in [0.1, 0.15) is 6.92 Å². The molecular weight excluding hydrogens is 287 g/mol. The van der Waals surface area contributed by atoms with E-state index in [1.165, 1.54) is 17.3 Å². The van der Waals surface area contributed by atoms with Crippen molar-refractivity contribution in [2.75, 3.05) is 31.6 Å². The van der Waals surface area contributed by atoms with Crippen molar-refractivity contribution in [3.05, 3.63) is 24.0 Å². The van der Waals surface area contributed by atoms with Crippen molar-refractivity contribution in [1.82, 2.24) is 4.31 Å². The number of morpholine rings is 1. The van der Waals surface area contributed by atoms with E-state index in [0.29, 0.717) is 0 Å². The summed E-state index contributed by atoms with van der Waals surface area (Å²) < 4.78 is 44.8. The number of carbonyl (C=O) groups excluding carboxylic acids is 1. The molecule has 1 aliphatic rings. The number of anilines is 1. The standard InChI is InChI=1S/C12H15FN2O4S/c1-9(16)14-10-2-3-11(13)12(8-10)20(17,18)15-4-6-19-7-5-15/h2-3,8H,4-7H2,1H3,(H,14,16). The molecule has 0 atom stereocenters. The van der Waals surface area contributed by atoms with E-state index in [0.717, 1.165) is 12.1 Å². The van der Waals surface area contributed by atoms with Crippen molar-refractivity contribution in [1.29, 1.82) is 0 Å². The van der Waals surface area contributed by atoms with Gasteiger partial charge in [0.05, 0.1) is 13.2 Å². The third-order valence-corrected chi connectivity index (χ3v) is 4.75. The molecule has 0 spiro atoms. The Labute approximate surface area is 116 Å². The lowest BCUT2D eigenvalue weighted by Gasteiger charge is -2.26. The monoisotopic (exact) mass is 302 g/mol. The average molecular weight is 302 g/mol. The zero-order valence-corrected chi connectivity index (χ0v) is 11.7. The molecule has 1 fully saturated rings. The largest absolute Gasteiger partial charge is 0.379 e. The molecule has 1 aromatic carbocycles. The van der Waals surface area contributed by atoms with Crippen LogP contribution in [-0.2, 0) is 19.6 Å². The van der Waals surface area contributed by atoms with Crippen molar-refractivity contribution in [2.24, 2.45) is 0 Å².